The Morgan fingerprint density at radius 2 is 2.44 bits per heavy atom. The van der Waals surface area contributed by atoms with Crippen LogP contribution in [0.25, 0.3) is 0 Å². The maximum atomic E-state index is 11.1. The summed E-state index contributed by atoms with van der Waals surface area (Å²) in [6, 6.07) is 0. The number of nitrogens with zero attached hydrogens (tertiary/aromatic N) is 2. The van der Waals surface area contributed by atoms with Gasteiger partial charge in [-0.05, 0) is 18.8 Å². The molecule has 0 aliphatic carbocycles. The molecule has 2 rings (SSSR count). The molecule has 2 atom stereocenters. The lowest BCUT2D eigenvalue weighted by Gasteiger charge is -2.14. The molecule has 0 radical (unpaired) electrons. The molecule has 0 aromatic carbocycles. The summed E-state index contributed by atoms with van der Waals surface area (Å²) in [4.78, 5) is 18.8. The Morgan fingerprint density at radius 1 is 1.67 bits per heavy atom. The molecule has 0 N–H and O–H groups in total. The zero-order valence-corrected chi connectivity index (χ0v) is 12.0. The predicted molar refractivity (Wildman–Crippen MR) is 73.8 cm³/mol. The van der Waals surface area contributed by atoms with Crippen LogP contribution in [-0.4, -0.2) is 37.6 Å². The summed E-state index contributed by atoms with van der Waals surface area (Å²) >= 11 is 1.50. The van der Waals surface area contributed by atoms with Crippen LogP contribution < -0.4 is 4.90 Å². The Bertz CT molecular complexity index is 419. The second-order valence-corrected chi connectivity index (χ2v) is 5.77. The molecule has 0 saturated carbocycles. The fourth-order valence-electron chi connectivity index (χ4n) is 2.19. The van der Waals surface area contributed by atoms with E-state index in [4.69, 9.17) is 4.74 Å². The normalized spacial score (nSPS) is 21.3. The third-order valence-electron chi connectivity index (χ3n) is 3.60. The summed E-state index contributed by atoms with van der Waals surface area (Å²) in [6.45, 7) is 6.08. The summed E-state index contributed by atoms with van der Waals surface area (Å²) in [7, 11) is 1.75. The molecule has 1 fully saturated rings. The molecule has 1 saturated heterocycles. The lowest BCUT2D eigenvalue weighted by Crippen LogP contribution is -2.22. The average molecular weight is 268 g/mol. The highest BCUT2D eigenvalue weighted by atomic mass is 32.1. The first-order valence-electron chi connectivity index (χ1n) is 6.43. The van der Waals surface area contributed by atoms with E-state index in [-0.39, 0.29) is 0 Å². The second-order valence-electron chi connectivity index (χ2n) is 4.77. The highest BCUT2D eigenvalue weighted by Gasteiger charge is 2.26. The topological polar surface area (TPSA) is 42.4 Å². The monoisotopic (exact) mass is 268 g/mol. The number of rotatable bonds is 5. The lowest BCUT2D eigenvalue weighted by atomic mass is 10.0. The van der Waals surface area contributed by atoms with E-state index < -0.39 is 0 Å². The van der Waals surface area contributed by atoms with Crippen LogP contribution in [0, 0.1) is 0 Å². The molecular weight excluding hydrogens is 248 g/mol. The first kappa shape index (κ1) is 13.5. The van der Waals surface area contributed by atoms with Crippen LogP contribution in [-0.2, 0) is 4.74 Å². The molecule has 1 aliphatic heterocycles. The molecule has 1 aromatic heterocycles. The highest BCUT2D eigenvalue weighted by molar-refractivity contribution is 7.17. The average Bonchev–Trinajstić information content (AvgIpc) is 3.03. The minimum atomic E-state index is 0.292. The van der Waals surface area contributed by atoms with E-state index in [0.717, 1.165) is 47.9 Å². The number of carbonyl (C=O) groups is 1. The van der Waals surface area contributed by atoms with Crippen molar-refractivity contribution in [2.45, 2.75) is 38.7 Å². The van der Waals surface area contributed by atoms with Gasteiger partial charge in [-0.2, -0.15) is 0 Å². The molecule has 5 heteroatoms. The van der Waals surface area contributed by atoms with Crippen LogP contribution in [0.15, 0.2) is 0 Å². The molecule has 4 nitrogen and oxygen atoms in total. The molecule has 2 unspecified atom stereocenters. The van der Waals surface area contributed by atoms with Crippen molar-refractivity contribution in [1.82, 2.24) is 4.98 Å². The summed E-state index contributed by atoms with van der Waals surface area (Å²) in [5.41, 5.74) is 0.952. The molecule has 1 aromatic rings. The van der Waals surface area contributed by atoms with E-state index in [2.05, 4.69) is 23.7 Å². The molecule has 0 spiro atoms. The molecule has 0 bridgehead atoms. The number of anilines is 1. The van der Waals surface area contributed by atoms with Gasteiger partial charge in [0.1, 0.15) is 0 Å². The first-order chi connectivity index (χ1) is 8.69. The zero-order chi connectivity index (χ0) is 13.1. The van der Waals surface area contributed by atoms with E-state index in [9.17, 15) is 4.79 Å². The van der Waals surface area contributed by atoms with E-state index >= 15 is 0 Å². The summed E-state index contributed by atoms with van der Waals surface area (Å²) in [6.07, 6.45) is 3.27. The molecule has 1 aliphatic rings. The predicted octanol–water partition coefficient (Wildman–Crippen LogP) is 2.69. The van der Waals surface area contributed by atoms with Gasteiger partial charge in [-0.15, -0.1) is 0 Å². The smallest absolute Gasteiger partial charge is 0.186 e. The van der Waals surface area contributed by atoms with Crippen molar-refractivity contribution in [2.24, 2.45) is 0 Å². The molecule has 0 amide bonds. The van der Waals surface area contributed by atoms with Gasteiger partial charge in [0.05, 0.1) is 16.7 Å². The van der Waals surface area contributed by atoms with Crippen LogP contribution in [0.1, 0.15) is 48.0 Å². The Labute approximate surface area is 112 Å². The van der Waals surface area contributed by atoms with Gasteiger partial charge >= 0.3 is 0 Å². The van der Waals surface area contributed by atoms with Crippen molar-refractivity contribution in [3.8, 4) is 0 Å². The summed E-state index contributed by atoms with van der Waals surface area (Å²) < 4.78 is 5.36. The van der Waals surface area contributed by atoms with Crippen molar-refractivity contribution < 1.29 is 9.53 Å². The molecule has 100 valence electrons. The number of carbonyl (C=O) groups excluding carboxylic acids is 1. The number of aldehydes is 1. The van der Waals surface area contributed by atoms with E-state index in [0.29, 0.717) is 12.0 Å². The zero-order valence-electron chi connectivity index (χ0n) is 11.2. The van der Waals surface area contributed by atoms with Crippen LogP contribution >= 0.6 is 11.3 Å². The van der Waals surface area contributed by atoms with Crippen LogP contribution in [0.4, 0.5) is 5.13 Å². The minimum Gasteiger partial charge on any atom is -0.380 e. The number of hydrogen-bond acceptors (Lipinski definition) is 5. The third-order valence-corrected chi connectivity index (χ3v) is 4.66. The van der Waals surface area contributed by atoms with E-state index in [1.165, 1.54) is 11.3 Å². The number of thiazole rings is 1. The SMILES string of the molecule is CCC(C)c1nc(N2CCC(OC)C2)sc1C=O. The van der Waals surface area contributed by atoms with Crippen molar-refractivity contribution in [1.29, 1.82) is 0 Å². The van der Waals surface area contributed by atoms with Crippen LogP contribution in [0.3, 0.4) is 0 Å². The van der Waals surface area contributed by atoms with Gasteiger partial charge < -0.3 is 9.64 Å². The lowest BCUT2D eigenvalue weighted by molar-refractivity contribution is 0.112. The standard InChI is InChI=1S/C13H20N2O2S/c1-4-9(2)12-11(8-16)18-13(14-12)15-6-5-10(7-15)17-3/h8-10H,4-7H2,1-3H3. The second kappa shape index (κ2) is 5.80. The quantitative estimate of drug-likeness (QED) is 0.770. The van der Waals surface area contributed by atoms with Crippen molar-refractivity contribution in [2.75, 3.05) is 25.1 Å². The maximum Gasteiger partial charge on any atom is 0.186 e. The molecule has 2 heterocycles. The summed E-state index contributed by atoms with van der Waals surface area (Å²) in [5, 5.41) is 0.965. The number of ether oxygens (including phenoxy) is 1. The highest BCUT2D eigenvalue weighted by Crippen LogP contribution is 2.32. The van der Waals surface area contributed by atoms with Gasteiger partial charge in [0.25, 0.3) is 0 Å². The Morgan fingerprint density at radius 3 is 3.00 bits per heavy atom. The Balaban J connectivity index is 2.19. The van der Waals surface area contributed by atoms with Crippen LogP contribution in [0.2, 0.25) is 0 Å². The maximum absolute atomic E-state index is 11.1. The van der Waals surface area contributed by atoms with E-state index in [1.54, 1.807) is 7.11 Å². The van der Waals surface area contributed by atoms with Crippen LogP contribution in [0.5, 0.6) is 0 Å². The van der Waals surface area contributed by atoms with Gasteiger partial charge in [0.2, 0.25) is 0 Å². The number of methoxy groups -OCH3 is 1. The first-order valence-corrected chi connectivity index (χ1v) is 7.24. The van der Waals surface area contributed by atoms with Crippen molar-refractivity contribution in [3.05, 3.63) is 10.6 Å². The largest absolute Gasteiger partial charge is 0.380 e. The van der Waals surface area contributed by atoms with Gasteiger partial charge in [-0.3, -0.25) is 4.79 Å². The fraction of sp³-hybridized carbons (Fsp3) is 0.692. The molecular formula is C13H20N2O2S. The summed E-state index contributed by atoms with van der Waals surface area (Å²) in [5.74, 6) is 0.344. The Hall–Kier alpha value is -0.940. The number of hydrogen-bond donors (Lipinski definition) is 0. The van der Waals surface area contributed by atoms with Crippen molar-refractivity contribution >= 4 is 22.8 Å². The Kier molecular flexibility index (Phi) is 4.35. The fourth-order valence-corrected chi connectivity index (χ4v) is 3.23. The van der Waals surface area contributed by atoms with E-state index in [1.807, 2.05) is 0 Å². The number of aromatic nitrogens is 1. The van der Waals surface area contributed by atoms with Gasteiger partial charge in [0, 0.05) is 20.2 Å². The van der Waals surface area contributed by atoms with Gasteiger partial charge in [0.15, 0.2) is 11.4 Å². The van der Waals surface area contributed by atoms with Gasteiger partial charge in [-0.25, -0.2) is 4.98 Å². The van der Waals surface area contributed by atoms with Crippen molar-refractivity contribution in [3.63, 3.8) is 0 Å². The van der Waals surface area contributed by atoms with Gasteiger partial charge in [-0.1, -0.05) is 25.2 Å². The third kappa shape index (κ3) is 2.57. The molecule has 18 heavy (non-hydrogen) atoms. The minimum absolute atomic E-state index is 0.292.